The molecule has 1 fully saturated rings. The second-order valence-corrected chi connectivity index (χ2v) is 7.83. The molecular weight excluding hydrogens is 392 g/mol. The molecule has 0 radical (unpaired) electrons. The van der Waals surface area contributed by atoms with Crippen LogP contribution in [0.3, 0.4) is 0 Å². The van der Waals surface area contributed by atoms with Crippen LogP contribution in [0, 0.1) is 6.92 Å². The average Bonchev–Trinajstić information content (AvgIpc) is 2.76. The van der Waals surface area contributed by atoms with E-state index in [2.05, 4.69) is 4.98 Å². The van der Waals surface area contributed by atoms with Crippen LogP contribution in [0.25, 0.3) is 5.70 Å². The Labute approximate surface area is 185 Å². The third-order valence-electron chi connectivity index (χ3n) is 5.39. The van der Waals surface area contributed by atoms with Gasteiger partial charge in [-0.2, -0.15) is 0 Å². The molecule has 4 N–H and O–H groups in total. The van der Waals surface area contributed by atoms with Crippen molar-refractivity contribution in [3.63, 3.8) is 0 Å². The van der Waals surface area contributed by atoms with E-state index >= 15 is 0 Å². The summed E-state index contributed by atoms with van der Waals surface area (Å²) in [7, 11) is 1.73. The van der Waals surface area contributed by atoms with Crippen LogP contribution in [-0.2, 0) is 0 Å². The number of nitrogens with two attached hydrogens (primary N) is 2. The number of hydrogen-bond donors (Lipinski definition) is 2. The van der Waals surface area contributed by atoms with Gasteiger partial charge in [-0.3, -0.25) is 0 Å². The maximum absolute atomic E-state index is 6.44. The molecule has 0 atom stereocenters. The minimum Gasteiger partial charge on any atom is -0.494 e. The SMILES string of the molecule is CCOc1cccc(OC/C(=C(/N)c2ccc(OC3CCCCC3)c(C)n2)N(C)N)c1. The van der Waals surface area contributed by atoms with E-state index in [0.29, 0.717) is 29.4 Å². The number of aryl methyl sites for hydroxylation is 1. The van der Waals surface area contributed by atoms with E-state index in [1.807, 2.05) is 50.2 Å². The summed E-state index contributed by atoms with van der Waals surface area (Å²) in [5, 5.41) is 1.46. The number of ether oxygens (including phenoxy) is 3. The van der Waals surface area contributed by atoms with Gasteiger partial charge < -0.3 is 25.0 Å². The van der Waals surface area contributed by atoms with Crippen LogP contribution in [0.4, 0.5) is 0 Å². The molecule has 1 saturated carbocycles. The Morgan fingerprint density at radius 2 is 1.81 bits per heavy atom. The normalized spacial score (nSPS) is 15.2. The van der Waals surface area contributed by atoms with Crippen molar-refractivity contribution < 1.29 is 14.2 Å². The summed E-state index contributed by atoms with van der Waals surface area (Å²) in [4.78, 5) is 4.67. The van der Waals surface area contributed by atoms with Gasteiger partial charge in [-0.15, -0.1) is 0 Å². The van der Waals surface area contributed by atoms with Crippen molar-refractivity contribution in [2.75, 3.05) is 20.3 Å². The number of aromatic nitrogens is 1. The van der Waals surface area contributed by atoms with Crippen molar-refractivity contribution in [3.05, 3.63) is 53.5 Å². The van der Waals surface area contributed by atoms with Crippen LogP contribution in [0.15, 0.2) is 42.1 Å². The quantitative estimate of drug-likeness (QED) is 0.462. The zero-order chi connectivity index (χ0) is 22.2. The maximum Gasteiger partial charge on any atom is 0.140 e. The molecule has 3 rings (SSSR count). The lowest BCUT2D eigenvalue weighted by Crippen LogP contribution is -2.31. The van der Waals surface area contributed by atoms with Crippen molar-refractivity contribution in [1.29, 1.82) is 0 Å². The fourth-order valence-corrected chi connectivity index (χ4v) is 3.67. The number of rotatable bonds is 9. The Morgan fingerprint density at radius 1 is 1.10 bits per heavy atom. The molecule has 1 aliphatic rings. The molecule has 1 aliphatic carbocycles. The predicted molar refractivity (Wildman–Crippen MR) is 123 cm³/mol. The van der Waals surface area contributed by atoms with Gasteiger partial charge in [-0.1, -0.05) is 12.5 Å². The van der Waals surface area contributed by atoms with E-state index in [1.54, 1.807) is 7.05 Å². The molecule has 0 amide bonds. The molecule has 7 nitrogen and oxygen atoms in total. The summed E-state index contributed by atoms with van der Waals surface area (Å²) in [6.07, 6.45) is 6.24. The van der Waals surface area contributed by atoms with E-state index in [9.17, 15) is 0 Å². The van der Waals surface area contributed by atoms with Crippen molar-refractivity contribution in [2.24, 2.45) is 11.6 Å². The highest BCUT2D eigenvalue weighted by Crippen LogP contribution is 2.27. The Bertz CT molecular complexity index is 892. The molecule has 0 saturated heterocycles. The van der Waals surface area contributed by atoms with Crippen molar-refractivity contribution in [3.8, 4) is 17.2 Å². The van der Waals surface area contributed by atoms with Gasteiger partial charge >= 0.3 is 0 Å². The number of hydrogen-bond acceptors (Lipinski definition) is 7. The van der Waals surface area contributed by atoms with Gasteiger partial charge in [0.05, 0.1) is 35.5 Å². The molecule has 7 heteroatoms. The lowest BCUT2D eigenvalue weighted by atomic mass is 9.98. The Kier molecular flexibility index (Phi) is 8.00. The van der Waals surface area contributed by atoms with Gasteiger partial charge in [0, 0.05) is 13.1 Å². The van der Waals surface area contributed by atoms with Crippen LogP contribution in [0.5, 0.6) is 17.2 Å². The lowest BCUT2D eigenvalue weighted by Gasteiger charge is -2.24. The molecule has 0 unspecified atom stereocenters. The first kappa shape index (κ1) is 22.7. The van der Waals surface area contributed by atoms with E-state index in [1.165, 1.54) is 24.3 Å². The third kappa shape index (κ3) is 6.28. The minimum absolute atomic E-state index is 0.204. The molecule has 1 aromatic carbocycles. The van der Waals surface area contributed by atoms with Gasteiger partial charge in [0.15, 0.2) is 0 Å². The number of pyridine rings is 1. The number of likely N-dealkylation sites (N-methyl/N-ethyl adjacent to an activating group) is 1. The summed E-state index contributed by atoms with van der Waals surface area (Å²) in [6, 6.07) is 11.3. The van der Waals surface area contributed by atoms with Crippen LogP contribution in [0.1, 0.15) is 50.4 Å². The molecule has 0 aliphatic heterocycles. The van der Waals surface area contributed by atoms with Crippen molar-refractivity contribution >= 4 is 5.70 Å². The van der Waals surface area contributed by atoms with E-state index < -0.39 is 0 Å². The first-order valence-electron chi connectivity index (χ1n) is 10.9. The summed E-state index contributed by atoms with van der Waals surface area (Å²) < 4.78 is 17.6. The van der Waals surface area contributed by atoms with Gasteiger partial charge in [0.25, 0.3) is 0 Å². The summed E-state index contributed by atoms with van der Waals surface area (Å²) in [6.45, 7) is 4.68. The van der Waals surface area contributed by atoms with E-state index in [0.717, 1.165) is 30.0 Å². The second-order valence-electron chi connectivity index (χ2n) is 7.83. The maximum atomic E-state index is 6.44. The first-order valence-corrected chi connectivity index (χ1v) is 10.9. The van der Waals surface area contributed by atoms with Crippen LogP contribution >= 0.6 is 0 Å². The molecule has 2 aromatic rings. The highest BCUT2D eigenvalue weighted by molar-refractivity contribution is 5.63. The highest BCUT2D eigenvalue weighted by atomic mass is 16.5. The zero-order valence-corrected chi connectivity index (χ0v) is 18.8. The largest absolute Gasteiger partial charge is 0.494 e. The molecule has 168 valence electrons. The van der Waals surface area contributed by atoms with Gasteiger partial charge in [0.1, 0.15) is 23.9 Å². The Hall–Kier alpha value is -2.93. The average molecular weight is 427 g/mol. The molecule has 0 bridgehead atoms. The summed E-state index contributed by atoms with van der Waals surface area (Å²) in [5.74, 6) is 8.30. The highest BCUT2D eigenvalue weighted by Gasteiger charge is 2.17. The van der Waals surface area contributed by atoms with Crippen LogP contribution < -0.4 is 25.8 Å². The van der Waals surface area contributed by atoms with Crippen LogP contribution in [0.2, 0.25) is 0 Å². The predicted octanol–water partition coefficient (Wildman–Crippen LogP) is 4.01. The van der Waals surface area contributed by atoms with Crippen LogP contribution in [-0.4, -0.2) is 36.4 Å². The van der Waals surface area contributed by atoms with Gasteiger partial charge in [-0.25, -0.2) is 10.8 Å². The number of nitrogens with zero attached hydrogens (tertiary/aromatic N) is 2. The van der Waals surface area contributed by atoms with E-state index in [4.69, 9.17) is 25.8 Å². The fourth-order valence-electron chi connectivity index (χ4n) is 3.67. The van der Waals surface area contributed by atoms with Gasteiger partial charge in [-0.05, 0) is 63.8 Å². The third-order valence-corrected chi connectivity index (χ3v) is 5.39. The Morgan fingerprint density at radius 3 is 2.45 bits per heavy atom. The second kappa shape index (κ2) is 10.9. The molecule has 1 aromatic heterocycles. The topological polar surface area (TPSA) is 95.9 Å². The number of hydrazine groups is 1. The fraction of sp³-hybridized carbons (Fsp3) is 0.458. The first-order chi connectivity index (χ1) is 15.0. The van der Waals surface area contributed by atoms with Crippen molar-refractivity contribution in [1.82, 2.24) is 9.99 Å². The lowest BCUT2D eigenvalue weighted by molar-refractivity contribution is 0.153. The molecule has 1 heterocycles. The molecule has 0 spiro atoms. The summed E-state index contributed by atoms with van der Waals surface area (Å²) >= 11 is 0. The summed E-state index contributed by atoms with van der Waals surface area (Å²) in [5.41, 5.74) is 9.00. The van der Waals surface area contributed by atoms with Gasteiger partial charge in [0.2, 0.25) is 0 Å². The van der Waals surface area contributed by atoms with Crippen molar-refractivity contribution in [2.45, 2.75) is 52.1 Å². The molecular formula is C24H34N4O3. The smallest absolute Gasteiger partial charge is 0.140 e. The molecule has 31 heavy (non-hydrogen) atoms. The Balaban J connectivity index is 1.74. The monoisotopic (exact) mass is 426 g/mol. The zero-order valence-electron chi connectivity index (χ0n) is 18.8. The van der Waals surface area contributed by atoms with E-state index in [-0.39, 0.29) is 12.7 Å². The standard InChI is InChI=1S/C24H34N4O3/c1-4-29-19-11-8-12-20(15-19)30-16-22(28(3)26)24(25)21-13-14-23(17(2)27-21)31-18-9-6-5-7-10-18/h8,11-15,18H,4-7,9-10,16,25-26H2,1-3H3/b24-22-. The number of benzene rings is 1. The minimum atomic E-state index is 0.204.